The van der Waals surface area contributed by atoms with Crippen molar-refractivity contribution in [1.29, 1.82) is 0 Å². The molecule has 0 unspecified atom stereocenters. The quantitative estimate of drug-likeness (QED) is 0.792. The normalized spacial score (nSPS) is 10.8. The van der Waals surface area contributed by atoms with Crippen LogP contribution in [-0.2, 0) is 5.33 Å². The number of nitrogens with one attached hydrogen (secondary N) is 1. The number of alkyl halides is 3. The summed E-state index contributed by atoms with van der Waals surface area (Å²) < 4.78 is 24.5. The van der Waals surface area contributed by atoms with Gasteiger partial charge in [-0.25, -0.2) is 8.78 Å². The van der Waals surface area contributed by atoms with Gasteiger partial charge in [0.25, 0.3) is 12.0 Å². The summed E-state index contributed by atoms with van der Waals surface area (Å²) in [4.78, 5) is 12.8. The molecule has 0 aliphatic rings. The fourth-order valence-corrected chi connectivity index (χ4v) is 1.50. The molecular weight excluding hydrogens is 248 g/mol. The summed E-state index contributed by atoms with van der Waals surface area (Å²) in [5.41, 5.74) is -1.20. The molecule has 1 heterocycles. The summed E-state index contributed by atoms with van der Waals surface area (Å²) in [5.74, 6) is -0.658. The van der Waals surface area contributed by atoms with Crippen molar-refractivity contribution in [3.05, 3.63) is 27.7 Å². The minimum Gasteiger partial charge on any atom is -0.503 e. The number of H-pyrrole nitrogens is 1. The average Bonchev–Trinajstić information content (AvgIpc) is 2.09. The maximum Gasteiger partial charge on any atom is 0.290 e. The van der Waals surface area contributed by atoms with Gasteiger partial charge in [-0.1, -0.05) is 15.9 Å². The second-order valence-corrected chi connectivity index (χ2v) is 2.90. The van der Waals surface area contributed by atoms with Crippen LogP contribution in [-0.4, -0.2) is 10.1 Å². The lowest BCUT2D eigenvalue weighted by Gasteiger charge is -2.06. The molecule has 1 rings (SSSR count). The van der Waals surface area contributed by atoms with E-state index in [0.29, 0.717) is 0 Å². The molecule has 72 valence electrons. The standard InChI is InChI=1S/C7H6BrF2NO2/c8-1-3-4(6(9)10)2-11-7(13)5(3)12/h2,6,12H,1H2,(H,11,13). The Balaban J connectivity index is 3.38. The summed E-state index contributed by atoms with van der Waals surface area (Å²) >= 11 is 2.92. The van der Waals surface area contributed by atoms with Gasteiger partial charge in [0.2, 0.25) is 0 Å². The first kappa shape index (κ1) is 10.2. The Labute approximate surface area is 80.5 Å². The van der Waals surface area contributed by atoms with E-state index in [2.05, 4.69) is 15.9 Å². The Morgan fingerprint density at radius 2 is 2.23 bits per heavy atom. The molecule has 0 aromatic carbocycles. The Hall–Kier alpha value is -0.910. The van der Waals surface area contributed by atoms with Crippen molar-refractivity contribution in [2.45, 2.75) is 11.8 Å². The van der Waals surface area contributed by atoms with Crippen LogP contribution >= 0.6 is 15.9 Å². The van der Waals surface area contributed by atoms with Gasteiger partial charge in [-0.15, -0.1) is 0 Å². The van der Waals surface area contributed by atoms with Crippen molar-refractivity contribution >= 4 is 15.9 Å². The molecule has 1 aromatic heterocycles. The maximum atomic E-state index is 12.3. The van der Waals surface area contributed by atoms with Gasteiger partial charge >= 0.3 is 0 Å². The van der Waals surface area contributed by atoms with Gasteiger partial charge in [0.1, 0.15) is 0 Å². The lowest BCUT2D eigenvalue weighted by atomic mass is 10.1. The van der Waals surface area contributed by atoms with Crippen molar-refractivity contribution in [3.63, 3.8) is 0 Å². The van der Waals surface area contributed by atoms with Gasteiger partial charge in [0, 0.05) is 22.7 Å². The summed E-state index contributed by atoms with van der Waals surface area (Å²) in [6.45, 7) is 0. The van der Waals surface area contributed by atoms with Crippen LogP contribution in [0.25, 0.3) is 0 Å². The van der Waals surface area contributed by atoms with Crippen molar-refractivity contribution in [1.82, 2.24) is 4.98 Å². The van der Waals surface area contributed by atoms with E-state index in [-0.39, 0.29) is 16.5 Å². The number of aromatic hydroxyl groups is 1. The molecular formula is C7H6BrF2NO2. The first-order valence-electron chi connectivity index (χ1n) is 3.35. The number of rotatable bonds is 2. The average molecular weight is 254 g/mol. The highest BCUT2D eigenvalue weighted by molar-refractivity contribution is 9.08. The van der Waals surface area contributed by atoms with Crippen molar-refractivity contribution < 1.29 is 13.9 Å². The van der Waals surface area contributed by atoms with E-state index in [9.17, 15) is 13.6 Å². The van der Waals surface area contributed by atoms with Crippen LogP contribution in [0.3, 0.4) is 0 Å². The molecule has 0 amide bonds. The Morgan fingerprint density at radius 1 is 1.62 bits per heavy atom. The third-order valence-electron chi connectivity index (χ3n) is 1.58. The molecule has 6 heteroatoms. The molecule has 13 heavy (non-hydrogen) atoms. The fraction of sp³-hybridized carbons (Fsp3) is 0.286. The number of aromatic nitrogens is 1. The fourth-order valence-electron chi connectivity index (χ4n) is 0.908. The van der Waals surface area contributed by atoms with Gasteiger partial charge in [-0.3, -0.25) is 4.79 Å². The van der Waals surface area contributed by atoms with Gasteiger partial charge in [0.15, 0.2) is 5.75 Å². The molecule has 0 spiro atoms. The minimum atomic E-state index is -2.71. The first-order chi connectivity index (χ1) is 6.07. The van der Waals surface area contributed by atoms with E-state index in [1.54, 1.807) is 0 Å². The smallest absolute Gasteiger partial charge is 0.290 e. The zero-order chi connectivity index (χ0) is 10.0. The topological polar surface area (TPSA) is 53.1 Å². The second-order valence-electron chi connectivity index (χ2n) is 2.33. The zero-order valence-corrected chi connectivity index (χ0v) is 7.94. The van der Waals surface area contributed by atoms with Crippen LogP contribution in [0.15, 0.2) is 11.0 Å². The highest BCUT2D eigenvalue weighted by atomic mass is 79.9. The van der Waals surface area contributed by atoms with Crippen LogP contribution in [0, 0.1) is 0 Å². The number of aromatic amines is 1. The van der Waals surface area contributed by atoms with Crippen molar-refractivity contribution in [2.75, 3.05) is 0 Å². The summed E-state index contributed by atoms with van der Waals surface area (Å²) in [6.07, 6.45) is -1.81. The monoisotopic (exact) mass is 253 g/mol. The van der Waals surface area contributed by atoms with Gasteiger partial charge in [-0.2, -0.15) is 0 Å². The molecule has 0 aliphatic carbocycles. The highest BCUT2D eigenvalue weighted by Gasteiger charge is 2.17. The molecule has 0 fully saturated rings. The third kappa shape index (κ3) is 1.88. The van der Waals surface area contributed by atoms with E-state index in [0.717, 1.165) is 6.20 Å². The van der Waals surface area contributed by atoms with Crippen LogP contribution in [0.4, 0.5) is 8.78 Å². The number of halogens is 3. The van der Waals surface area contributed by atoms with Crippen LogP contribution < -0.4 is 5.56 Å². The van der Waals surface area contributed by atoms with E-state index in [1.807, 2.05) is 4.98 Å². The lowest BCUT2D eigenvalue weighted by Crippen LogP contribution is -2.09. The second kappa shape index (κ2) is 3.87. The molecule has 0 bridgehead atoms. The van der Waals surface area contributed by atoms with Gasteiger partial charge < -0.3 is 10.1 Å². The molecule has 3 nitrogen and oxygen atoms in total. The van der Waals surface area contributed by atoms with Crippen molar-refractivity contribution in [3.8, 4) is 5.75 Å². The Kier molecular flexibility index (Phi) is 3.02. The van der Waals surface area contributed by atoms with E-state index >= 15 is 0 Å². The number of hydrogen-bond acceptors (Lipinski definition) is 2. The van der Waals surface area contributed by atoms with Crippen LogP contribution in [0.5, 0.6) is 5.75 Å². The molecule has 0 radical (unpaired) electrons. The van der Waals surface area contributed by atoms with Gasteiger partial charge in [-0.05, 0) is 0 Å². The highest BCUT2D eigenvalue weighted by Crippen LogP contribution is 2.27. The molecule has 0 saturated heterocycles. The van der Waals surface area contributed by atoms with Crippen LogP contribution in [0.2, 0.25) is 0 Å². The largest absolute Gasteiger partial charge is 0.503 e. The molecule has 0 aliphatic heterocycles. The first-order valence-corrected chi connectivity index (χ1v) is 4.47. The number of pyridine rings is 1. The maximum absolute atomic E-state index is 12.3. The molecule has 0 atom stereocenters. The molecule has 0 saturated carbocycles. The summed E-state index contributed by atoms with van der Waals surface area (Å²) in [6, 6.07) is 0. The predicted octanol–water partition coefficient (Wildman–Crippen LogP) is 1.91. The predicted molar refractivity (Wildman–Crippen MR) is 46.3 cm³/mol. The zero-order valence-electron chi connectivity index (χ0n) is 6.35. The van der Waals surface area contributed by atoms with Crippen molar-refractivity contribution in [2.24, 2.45) is 0 Å². The molecule has 2 N–H and O–H groups in total. The van der Waals surface area contributed by atoms with E-state index in [1.165, 1.54) is 0 Å². The lowest BCUT2D eigenvalue weighted by molar-refractivity contribution is 0.149. The minimum absolute atomic E-state index is 0.0163. The van der Waals surface area contributed by atoms with Crippen LogP contribution in [0.1, 0.15) is 17.6 Å². The Morgan fingerprint density at radius 3 is 2.69 bits per heavy atom. The van der Waals surface area contributed by atoms with E-state index < -0.39 is 17.7 Å². The van der Waals surface area contributed by atoms with E-state index in [4.69, 9.17) is 5.11 Å². The number of hydrogen-bond donors (Lipinski definition) is 2. The summed E-state index contributed by atoms with van der Waals surface area (Å²) in [5, 5.41) is 9.14. The summed E-state index contributed by atoms with van der Waals surface area (Å²) in [7, 11) is 0. The van der Waals surface area contributed by atoms with Gasteiger partial charge in [0.05, 0.1) is 0 Å². The SMILES string of the molecule is O=c1[nH]cc(C(F)F)c(CBr)c1O. The molecule has 1 aromatic rings. The third-order valence-corrected chi connectivity index (χ3v) is 2.14. The Bertz CT molecular complexity index is 364.